The Hall–Kier alpha value is -2.82. The van der Waals surface area contributed by atoms with Crippen LogP contribution in [0.3, 0.4) is 0 Å². The fourth-order valence-corrected chi connectivity index (χ4v) is 2.70. The molecule has 0 saturated carbocycles. The summed E-state index contributed by atoms with van der Waals surface area (Å²) >= 11 is 0. The Morgan fingerprint density at radius 3 is 2.62 bits per heavy atom. The van der Waals surface area contributed by atoms with E-state index >= 15 is 0 Å². The molecule has 0 bridgehead atoms. The van der Waals surface area contributed by atoms with E-state index in [1.807, 2.05) is 49.4 Å². The minimum Gasteiger partial charge on any atom is -0.493 e. The number of unbranched alkanes of at least 4 members (excludes halogenated alkanes) is 2. The van der Waals surface area contributed by atoms with Gasteiger partial charge in [-0.1, -0.05) is 36.8 Å². The third kappa shape index (κ3) is 5.92. The van der Waals surface area contributed by atoms with E-state index in [0.717, 1.165) is 29.7 Å². The third-order valence-corrected chi connectivity index (χ3v) is 3.98. The van der Waals surface area contributed by atoms with E-state index in [9.17, 15) is 9.59 Å². The fraction of sp³-hybridized carbons (Fsp3) is 0.333. The summed E-state index contributed by atoms with van der Waals surface area (Å²) in [6.07, 6.45) is 2.37. The number of rotatable bonds is 10. The molecule has 138 valence electrons. The Bertz CT molecular complexity index is 742. The first-order chi connectivity index (χ1) is 12.6. The summed E-state index contributed by atoms with van der Waals surface area (Å²) in [4.78, 5) is 22.8. The highest BCUT2D eigenvalue weighted by Crippen LogP contribution is 2.30. The van der Waals surface area contributed by atoms with E-state index in [4.69, 9.17) is 9.84 Å². The maximum atomic E-state index is 12.3. The van der Waals surface area contributed by atoms with Gasteiger partial charge in [-0.2, -0.15) is 0 Å². The SMILES string of the molecule is CCOc1ccccc1-c1cccc(C(=O)NCCCCCC(=O)O)c1. The lowest BCUT2D eigenvalue weighted by Gasteiger charge is -2.11. The molecule has 0 aliphatic rings. The standard InChI is InChI=1S/C21H25NO4/c1-2-26-19-12-6-5-11-18(19)16-9-8-10-17(15-16)21(25)22-14-7-3-4-13-20(23)24/h5-6,8-12,15H,2-4,7,13-14H2,1H3,(H,22,25)(H,23,24). The Morgan fingerprint density at radius 1 is 1.04 bits per heavy atom. The van der Waals surface area contributed by atoms with Gasteiger partial charge in [0, 0.05) is 24.1 Å². The Kier molecular flexibility index (Phi) is 7.68. The monoisotopic (exact) mass is 355 g/mol. The van der Waals surface area contributed by atoms with Crippen LogP contribution in [0.2, 0.25) is 0 Å². The molecule has 0 spiro atoms. The number of nitrogens with one attached hydrogen (secondary N) is 1. The summed E-state index contributed by atoms with van der Waals surface area (Å²) in [5.74, 6) is -0.108. The summed E-state index contributed by atoms with van der Waals surface area (Å²) in [7, 11) is 0. The predicted octanol–water partition coefficient (Wildman–Crippen LogP) is 4.13. The van der Waals surface area contributed by atoms with Gasteiger partial charge in [-0.25, -0.2) is 0 Å². The fourth-order valence-electron chi connectivity index (χ4n) is 2.70. The predicted molar refractivity (Wildman–Crippen MR) is 101 cm³/mol. The van der Waals surface area contributed by atoms with Crippen molar-refractivity contribution in [1.82, 2.24) is 5.32 Å². The zero-order valence-electron chi connectivity index (χ0n) is 15.0. The Morgan fingerprint density at radius 2 is 1.85 bits per heavy atom. The largest absolute Gasteiger partial charge is 0.493 e. The van der Waals surface area contributed by atoms with Crippen LogP contribution in [0.4, 0.5) is 0 Å². The van der Waals surface area contributed by atoms with Crippen molar-refractivity contribution in [1.29, 1.82) is 0 Å². The highest BCUT2D eigenvalue weighted by molar-refractivity contribution is 5.95. The van der Waals surface area contributed by atoms with Crippen molar-refractivity contribution >= 4 is 11.9 Å². The number of carbonyl (C=O) groups excluding carboxylic acids is 1. The van der Waals surface area contributed by atoms with E-state index in [2.05, 4.69) is 5.32 Å². The quantitative estimate of drug-likeness (QED) is 0.629. The van der Waals surface area contributed by atoms with Gasteiger partial charge in [0.05, 0.1) is 6.61 Å². The van der Waals surface area contributed by atoms with Crippen LogP contribution in [0, 0.1) is 0 Å². The molecule has 0 fully saturated rings. The van der Waals surface area contributed by atoms with Crippen molar-refractivity contribution in [2.45, 2.75) is 32.6 Å². The first kappa shape index (κ1) is 19.5. The van der Waals surface area contributed by atoms with Crippen LogP contribution in [-0.4, -0.2) is 30.1 Å². The summed E-state index contributed by atoms with van der Waals surface area (Å²) in [6.45, 7) is 3.06. The molecule has 1 amide bonds. The zero-order chi connectivity index (χ0) is 18.8. The molecule has 0 saturated heterocycles. The molecule has 5 heteroatoms. The van der Waals surface area contributed by atoms with Gasteiger partial charge < -0.3 is 15.2 Å². The lowest BCUT2D eigenvalue weighted by atomic mass is 10.0. The molecule has 0 unspecified atom stereocenters. The van der Waals surface area contributed by atoms with Gasteiger partial charge in [0.15, 0.2) is 0 Å². The van der Waals surface area contributed by atoms with Crippen molar-refractivity contribution in [3.05, 3.63) is 54.1 Å². The van der Waals surface area contributed by atoms with Gasteiger partial charge in [-0.3, -0.25) is 9.59 Å². The summed E-state index contributed by atoms with van der Waals surface area (Å²) in [6, 6.07) is 15.2. The number of hydrogen-bond acceptors (Lipinski definition) is 3. The average Bonchev–Trinajstić information content (AvgIpc) is 2.65. The second-order valence-corrected chi connectivity index (χ2v) is 5.97. The van der Waals surface area contributed by atoms with Gasteiger partial charge in [0.2, 0.25) is 0 Å². The normalized spacial score (nSPS) is 10.3. The van der Waals surface area contributed by atoms with Gasteiger partial charge in [-0.05, 0) is 43.5 Å². The molecule has 0 aliphatic heterocycles. The van der Waals surface area contributed by atoms with Crippen molar-refractivity contribution < 1.29 is 19.4 Å². The topological polar surface area (TPSA) is 75.6 Å². The van der Waals surface area contributed by atoms with Crippen LogP contribution in [0.5, 0.6) is 5.75 Å². The number of hydrogen-bond donors (Lipinski definition) is 2. The van der Waals surface area contributed by atoms with E-state index in [-0.39, 0.29) is 12.3 Å². The third-order valence-electron chi connectivity index (χ3n) is 3.98. The number of carboxylic acids is 1. The van der Waals surface area contributed by atoms with E-state index in [1.165, 1.54) is 0 Å². The summed E-state index contributed by atoms with van der Waals surface area (Å²) < 4.78 is 5.67. The molecule has 0 heterocycles. The summed E-state index contributed by atoms with van der Waals surface area (Å²) in [5.41, 5.74) is 2.49. The molecule has 2 aromatic carbocycles. The van der Waals surface area contributed by atoms with Gasteiger partial charge >= 0.3 is 5.97 Å². The van der Waals surface area contributed by atoms with Crippen molar-refractivity contribution in [2.75, 3.05) is 13.2 Å². The first-order valence-corrected chi connectivity index (χ1v) is 8.94. The molecule has 0 atom stereocenters. The number of para-hydroxylation sites is 1. The molecule has 5 nitrogen and oxygen atoms in total. The van der Waals surface area contributed by atoms with Crippen molar-refractivity contribution in [3.8, 4) is 16.9 Å². The van der Waals surface area contributed by atoms with E-state index < -0.39 is 5.97 Å². The number of amides is 1. The number of carboxylic acid groups (broad SMARTS) is 1. The Balaban J connectivity index is 1.96. The molecule has 2 N–H and O–H groups in total. The number of aliphatic carboxylic acids is 1. The number of carbonyl (C=O) groups is 2. The van der Waals surface area contributed by atoms with Gasteiger partial charge in [-0.15, -0.1) is 0 Å². The molecular formula is C21H25NO4. The van der Waals surface area contributed by atoms with E-state index in [1.54, 1.807) is 6.07 Å². The lowest BCUT2D eigenvalue weighted by Crippen LogP contribution is -2.24. The number of ether oxygens (including phenoxy) is 1. The first-order valence-electron chi connectivity index (χ1n) is 8.94. The molecule has 26 heavy (non-hydrogen) atoms. The molecule has 2 aromatic rings. The van der Waals surface area contributed by atoms with Crippen molar-refractivity contribution in [3.63, 3.8) is 0 Å². The average molecular weight is 355 g/mol. The molecule has 0 radical (unpaired) electrons. The highest BCUT2D eigenvalue weighted by Gasteiger charge is 2.09. The van der Waals surface area contributed by atoms with Gasteiger partial charge in [0.1, 0.15) is 5.75 Å². The van der Waals surface area contributed by atoms with E-state index in [0.29, 0.717) is 25.1 Å². The van der Waals surface area contributed by atoms with Crippen LogP contribution in [-0.2, 0) is 4.79 Å². The molecule has 2 rings (SSSR count). The van der Waals surface area contributed by atoms with Crippen LogP contribution in [0.15, 0.2) is 48.5 Å². The Labute approximate surface area is 154 Å². The number of benzene rings is 2. The second-order valence-electron chi connectivity index (χ2n) is 5.97. The smallest absolute Gasteiger partial charge is 0.303 e. The van der Waals surface area contributed by atoms with Crippen LogP contribution in [0.1, 0.15) is 43.0 Å². The zero-order valence-corrected chi connectivity index (χ0v) is 15.0. The minimum atomic E-state index is -0.779. The van der Waals surface area contributed by atoms with Crippen LogP contribution < -0.4 is 10.1 Å². The maximum Gasteiger partial charge on any atom is 0.303 e. The highest BCUT2D eigenvalue weighted by atomic mass is 16.5. The maximum absolute atomic E-state index is 12.3. The van der Waals surface area contributed by atoms with Crippen LogP contribution >= 0.6 is 0 Å². The molecule has 0 aromatic heterocycles. The molecule has 0 aliphatic carbocycles. The lowest BCUT2D eigenvalue weighted by molar-refractivity contribution is -0.137. The van der Waals surface area contributed by atoms with Crippen molar-refractivity contribution in [2.24, 2.45) is 0 Å². The minimum absolute atomic E-state index is 0.126. The second kappa shape index (κ2) is 10.2. The van der Waals surface area contributed by atoms with Crippen LogP contribution in [0.25, 0.3) is 11.1 Å². The summed E-state index contributed by atoms with van der Waals surface area (Å²) in [5, 5.41) is 11.5. The molecular weight excluding hydrogens is 330 g/mol. The van der Waals surface area contributed by atoms with Gasteiger partial charge in [0.25, 0.3) is 5.91 Å².